The van der Waals surface area contributed by atoms with E-state index < -0.39 is 0 Å². The van der Waals surface area contributed by atoms with E-state index in [9.17, 15) is 0 Å². The zero-order valence-corrected chi connectivity index (χ0v) is 15.3. The van der Waals surface area contributed by atoms with Gasteiger partial charge in [0.1, 0.15) is 11.3 Å². The summed E-state index contributed by atoms with van der Waals surface area (Å²) in [6, 6.07) is 34.5. The molecule has 0 bridgehead atoms. The summed E-state index contributed by atoms with van der Waals surface area (Å²) in [5, 5.41) is 2.55. The molecular weight excluding hydrogens is 328 g/mol. The van der Waals surface area contributed by atoms with Gasteiger partial charge in [0, 0.05) is 17.7 Å². The Bertz CT molecular complexity index is 1020. The summed E-state index contributed by atoms with van der Waals surface area (Å²) in [5.74, 6) is 3.20. The quantitative estimate of drug-likeness (QED) is 0.390. The fraction of sp³-hybridized carbons (Fsp3) is 0.115. The molecule has 4 aromatic rings. The molecule has 1 saturated carbocycles. The maximum absolute atomic E-state index is 5.81. The Morgan fingerprint density at radius 1 is 0.667 bits per heavy atom. The van der Waals surface area contributed by atoms with Crippen molar-refractivity contribution >= 4 is 10.8 Å². The molecule has 1 heteroatoms. The van der Waals surface area contributed by atoms with Gasteiger partial charge in [-0.05, 0) is 40.6 Å². The van der Waals surface area contributed by atoms with Gasteiger partial charge in [0.25, 0.3) is 0 Å². The van der Waals surface area contributed by atoms with Gasteiger partial charge in [0.15, 0.2) is 0 Å². The maximum Gasteiger partial charge on any atom is 0.134 e. The summed E-state index contributed by atoms with van der Waals surface area (Å²) in [6.45, 7) is 0. The Labute approximate surface area is 160 Å². The summed E-state index contributed by atoms with van der Waals surface area (Å²) in [6.07, 6.45) is 0. The first-order chi connectivity index (χ1) is 13.4. The van der Waals surface area contributed by atoms with Crippen LogP contribution in [0, 0.1) is 5.92 Å². The largest absolute Gasteiger partial charge is 0.496 e. The van der Waals surface area contributed by atoms with Gasteiger partial charge in [-0.25, -0.2) is 0 Å². The van der Waals surface area contributed by atoms with Gasteiger partial charge in [-0.1, -0.05) is 60.7 Å². The van der Waals surface area contributed by atoms with Crippen molar-refractivity contribution in [2.24, 2.45) is 0 Å². The van der Waals surface area contributed by atoms with Gasteiger partial charge in [-0.3, -0.25) is 0 Å². The molecule has 0 saturated heterocycles. The summed E-state index contributed by atoms with van der Waals surface area (Å²) in [7, 11) is 1.77. The van der Waals surface area contributed by atoms with Gasteiger partial charge in [-0.2, -0.15) is 0 Å². The van der Waals surface area contributed by atoms with Crippen LogP contribution in [0.1, 0.15) is 28.5 Å². The average Bonchev–Trinajstić information content (AvgIpc) is 3.49. The molecule has 0 radical (unpaired) electrons. The summed E-state index contributed by atoms with van der Waals surface area (Å²) in [4.78, 5) is 0. The first-order valence-electron chi connectivity index (χ1n) is 9.41. The molecule has 130 valence electrons. The van der Waals surface area contributed by atoms with Crippen molar-refractivity contribution < 1.29 is 4.74 Å². The minimum Gasteiger partial charge on any atom is -0.496 e. The van der Waals surface area contributed by atoms with Crippen molar-refractivity contribution in [3.63, 3.8) is 0 Å². The lowest BCUT2D eigenvalue weighted by Crippen LogP contribution is -1.94. The lowest BCUT2D eigenvalue weighted by molar-refractivity contribution is 0.410. The number of rotatable bonds is 4. The second kappa shape index (κ2) is 6.51. The van der Waals surface area contributed by atoms with E-state index in [1.165, 1.54) is 33.4 Å². The van der Waals surface area contributed by atoms with Crippen LogP contribution in [0.15, 0.2) is 97.1 Å². The third kappa shape index (κ3) is 2.67. The molecule has 5 rings (SSSR count). The topological polar surface area (TPSA) is 9.23 Å². The molecule has 0 N–H and O–H groups in total. The molecule has 0 spiro atoms. The molecule has 1 aliphatic rings. The van der Waals surface area contributed by atoms with Crippen LogP contribution in [-0.4, -0.2) is 7.11 Å². The van der Waals surface area contributed by atoms with E-state index in [-0.39, 0.29) is 0 Å². The molecular formula is C26H21O+. The number of fused-ring (bicyclic) bond motifs is 1. The molecule has 2 unspecified atom stereocenters. The Hall–Kier alpha value is -3.19. The van der Waals surface area contributed by atoms with Crippen LogP contribution in [-0.2, 0) is 0 Å². The van der Waals surface area contributed by atoms with Crippen molar-refractivity contribution in [2.75, 3.05) is 7.11 Å². The van der Waals surface area contributed by atoms with Crippen LogP contribution >= 0.6 is 0 Å². The zero-order chi connectivity index (χ0) is 18.2. The Morgan fingerprint density at radius 3 is 2.07 bits per heavy atom. The number of benzene rings is 4. The standard InChI is InChI=1S/C26H21O/c1-27-22-17-16-18-10-8-9-15-21(18)25(22)26-23(19-11-4-2-5-12-19)24(26)20-13-6-3-7-14-20/h2-17,23,26H,1H3/q+1. The molecule has 4 aromatic carbocycles. The molecule has 27 heavy (non-hydrogen) atoms. The number of methoxy groups -OCH3 is 1. The van der Waals surface area contributed by atoms with Crippen LogP contribution in [0.25, 0.3) is 10.8 Å². The predicted molar refractivity (Wildman–Crippen MR) is 111 cm³/mol. The van der Waals surface area contributed by atoms with E-state index in [0.29, 0.717) is 11.8 Å². The van der Waals surface area contributed by atoms with Gasteiger partial charge in [-0.15, -0.1) is 0 Å². The lowest BCUT2D eigenvalue weighted by Gasteiger charge is -2.11. The summed E-state index contributed by atoms with van der Waals surface area (Å²) >= 11 is 0. The highest BCUT2D eigenvalue weighted by Crippen LogP contribution is 2.67. The van der Waals surface area contributed by atoms with Crippen LogP contribution < -0.4 is 4.74 Å². The highest BCUT2D eigenvalue weighted by molar-refractivity contribution is 5.90. The number of hydrogen-bond donors (Lipinski definition) is 0. The molecule has 1 nitrogen and oxygen atoms in total. The highest BCUT2D eigenvalue weighted by Gasteiger charge is 2.60. The molecule has 1 aliphatic carbocycles. The third-order valence-corrected chi connectivity index (χ3v) is 5.62. The van der Waals surface area contributed by atoms with E-state index in [0.717, 1.165) is 5.75 Å². The van der Waals surface area contributed by atoms with E-state index in [2.05, 4.69) is 97.1 Å². The minimum atomic E-state index is 0.343. The Kier molecular flexibility index (Phi) is 3.86. The maximum atomic E-state index is 5.81. The number of hydrogen-bond acceptors (Lipinski definition) is 1. The molecule has 1 fully saturated rings. The molecule has 0 heterocycles. The molecule has 0 aliphatic heterocycles. The van der Waals surface area contributed by atoms with E-state index in [1.54, 1.807) is 7.11 Å². The minimum absolute atomic E-state index is 0.343. The van der Waals surface area contributed by atoms with Crippen LogP contribution in [0.3, 0.4) is 0 Å². The monoisotopic (exact) mass is 349 g/mol. The van der Waals surface area contributed by atoms with Gasteiger partial charge in [0.05, 0.1) is 24.9 Å². The van der Waals surface area contributed by atoms with E-state index in [1.807, 2.05) is 0 Å². The highest BCUT2D eigenvalue weighted by atomic mass is 16.5. The summed E-state index contributed by atoms with van der Waals surface area (Å²) in [5.41, 5.74) is 4.01. The first-order valence-corrected chi connectivity index (χ1v) is 9.41. The first kappa shape index (κ1) is 16.0. The van der Waals surface area contributed by atoms with Crippen molar-refractivity contribution in [1.82, 2.24) is 0 Å². The normalized spacial score (nSPS) is 18.5. The molecule has 0 amide bonds. The van der Waals surface area contributed by atoms with Gasteiger partial charge in [0.2, 0.25) is 0 Å². The van der Waals surface area contributed by atoms with E-state index >= 15 is 0 Å². The average molecular weight is 349 g/mol. The second-order valence-corrected chi connectivity index (χ2v) is 7.09. The SMILES string of the molecule is COc1ccc2ccccc2c1C1[C+](c2ccccc2)C1c1ccccc1. The summed E-state index contributed by atoms with van der Waals surface area (Å²) < 4.78 is 5.81. The Balaban J connectivity index is 1.70. The van der Waals surface area contributed by atoms with Crippen molar-refractivity contribution in [3.8, 4) is 5.75 Å². The van der Waals surface area contributed by atoms with Gasteiger partial charge < -0.3 is 4.74 Å². The van der Waals surface area contributed by atoms with E-state index in [4.69, 9.17) is 4.74 Å². The van der Waals surface area contributed by atoms with Crippen molar-refractivity contribution in [1.29, 1.82) is 0 Å². The second-order valence-electron chi connectivity index (χ2n) is 7.09. The smallest absolute Gasteiger partial charge is 0.134 e. The van der Waals surface area contributed by atoms with Crippen molar-refractivity contribution in [3.05, 3.63) is 120 Å². The van der Waals surface area contributed by atoms with Crippen LogP contribution in [0.2, 0.25) is 0 Å². The number of ether oxygens (including phenoxy) is 1. The Morgan fingerprint density at radius 2 is 1.33 bits per heavy atom. The fourth-order valence-electron chi connectivity index (χ4n) is 4.38. The predicted octanol–water partition coefficient (Wildman–Crippen LogP) is 6.35. The van der Waals surface area contributed by atoms with Crippen LogP contribution in [0.4, 0.5) is 0 Å². The third-order valence-electron chi connectivity index (χ3n) is 5.62. The molecule has 2 atom stereocenters. The van der Waals surface area contributed by atoms with Crippen LogP contribution in [0.5, 0.6) is 5.75 Å². The fourth-order valence-corrected chi connectivity index (χ4v) is 4.38. The van der Waals surface area contributed by atoms with Crippen molar-refractivity contribution in [2.45, 2.75) is 11.8 Å². The zero-order valence-electron chi connectivity index (χ0n) is 15.3. The van der Waals surface area contributed by atoms with Gasteiger partial charge >= 0.3 is 0 Å². The molecule has 0 aromatic heterocycles. The lowest BCUT2D eigenvalue weighted by atomic mass is 9.96.